The SMILES string of the molecule is CC(C)Cc1cc(-c2[c-]cc(C#N)cc2)ncc1[Si](C)(C)C.Cc1cnc(-c2[c-]ccc3c2oc2c(C)c(-c4ccccc4)c(C)cc23)cc1C(C)C.[Ir]. The summed E-state index contributed by atoms with van der Waals surface area (Å²) in [6.45, 7) is 22.5. The van der Waals surface area contributed by atoms with Gasteiger partial charge in [-0.2, -0.15) is 0 Å². The van der Waals surface area contributed by atoms with Gasteiger partial charge < -0.3 is 14.4 Å². The molecule has 277 valence electrons. The van der Waals surface area contributed by atoms with E-state index in [1.807, 2.05) is 24.4 Å². The normalized spacial score (nSPS) is 11.4. The minimum atomic E-state index is -1.40. The number of nitrogens with zero attached hydrogens (tertiary/aromatic N) is 3. The summed E-state index contributed by atoms with van der Waals surface area (Å²) in [6.07, 6.45) is 5.10. The van der Waals surface area contributed by atoms with E-state index in [2.05, 4.69) is 152 Å². The molecule has 0 spiro atoms. The summed E-state index contributed by atoms with van der Waals surface area (Å²) in [6, 6.07) is 35.4. The molecule has 3 aromatic heterocycles. The summed E-state index contributed by atoms with van der Waals surface area (Å²) in [5, 5.41) is 12.6. The number of rotatable bonds is 7. The molecule has 54 heavy (non-hydrogen) atoms. The van der Waals surface area contributed by atoms with Crippen molar-refractivity contribution in [2.75, 3.05) is 0 Å². The fourth-order valence-corrected chi connectivity index (χ4v) is 8.91. The van der Waals surface area contributed by atoms with Gasteiger partial charge in [-0.3, -0.25) is 0 Å². The maximum Gasteiger partial charge on any atom is 0.124 e. The number of benzene rings is 4. The van der Waals surface area contributed by atoms with Crippen molar-refractivity contribution in [3.05, 3.63) is 137 Å². The van der Waals surface area contributed by atoms with E-state index in [4.69, 9.17) is 14.7 Å². The van der Waals surface area contributed by atoms with Crippen LogP contribution in [0.25, 0.3) is 55.6 Å². The molecule has 0 saturated carbocycles. The standard InChI is InChI=1S/C29H26NO.C19H23N2Si.Ir/c1-17(2)24-15-26(30-16-19(24)4)23-13-9-12-22-25-14-18(3)27(21-10-7-6-8-11-21)20(5)28(25)31-29(22)23;1-14(2)10-17-11-18(21-13-19(17)22(3,4)5)16-8-6-15(12-20)7-9-16;/h6-12,14-17H,1-5H3;6-8,11,13-14H,10H2,1-5H3;/q2*-1;. The number of furan rings is 1. The van der Waals surface area contributed by atoms with Gasteiger partial charge in [0.25, 0.3) is 0 Å². The van der Waals surface area contributed by atoms with E-state index in [0.717, 1.165) is 50.9 Å². The summed E-state index contributed by atoms with van der Waals surface area (Å²) in [7, 11) is -1.40. The molecular formula is C48H49IrN3OSi-2. The number of fused-ring (bicyclic) bond motifs is 3. The molecule has 0 aliphatic heterocycles. The van der Waals surface area contributed by atoms with Gasteiger partial charge in [0.15, 0.2) is 0 Å². The van der Waals surface area contributed by atoms with Crippen LogP contribution in [0.15, 0.2) is 95.7 Å². The molecule has 3 heterocycles. The van der Waals surface area contributed by atoms with Crippen LogP contribution >= 0.6 is 0 Å². The van der Waals surface area contributed by atoms with E-state index >= 15 is 0 Å². The molecule has 1 radical (unpaired) electrons. The fraction of sp³-hybridized carbons (Fsp3) is 0.271. The van der Waals surface area contributed by atoms with Crippen molar-refractivity contribution < 1.29 is 24.5 Å². The Morgan fingerprint density at radius 3 is 2.15 bits per heavy atom. The van der Waals surface area contributed by atoms with Gasteiger partial charge in [-0.15, -0.1) is 48.0 Å². The maximum atomic E-state index is 8.89. The van der Waals surface area contributed by atoms with Crippen LogP contribution < -0.4 is 5.19 Å². The molecule has 4 aromatic carbocycles. The number of hydrogen-bond acceptors (Lipinski definition) is 4. The van der Waals surface area contributed by atoms with E-state index in [0.29, 0.717) is 17.4 Å². The van der Waals surface area contributed by atoms with Crippen LogP contribution in [0.5, 0.6) is 0 Å². The first-order valence-corrected chi connectivity index (χ1v) is 22.1. The average molecular weight is 904 g/mol. The Kier molecular flexibility index (Phi) is 12.6. The predicted octanol–water partition coefficient (Wildman–Crippen LogP) is 12.3. The van der Waals surface area contributed by atoms with Crippen LogP contribution in [-0.2, 0) is 26.5 Å². The summed E-state index contributed by atoms with van der Waals surface area (Å²) in [5.74, 6) is 1.06. The quantitative estimate of drug-likeness (QED) is 0.118. The predicted molar refractivity (Wildman–Crippen MR) is 224 cm³/mol. The third kappa shape index (κ3) is 8.50. The molecule has 0 atom stereocenters. The first-order valence-electron chi connectivity index (χ1n) is 18.6. The Morgan fingerprint density at radius 2 is 1.52 bits per heavy atom. The molecule has 0 amide bonds. The van der Waals surface area contributed by atoms with Crippen LogP contribution in [-0.4, -0.2) is 18.0 Å². The first-order chi connectivity index (χ1) is 25.3. The minimum absolute atomic E-state index is 0. The van der Waals surface area contributed by atoms with Crippen molar-refractivity contribution in [2.24, 2.45) is 5.92 Å². The molecular weight excluding hydrogens is 855 g/mol. The van der Waals surface area contributed by atoms with E-state index < -0.39 is 8.07 Å². The summed E-state index contributed by atoms with van der Waals surface area (Å²) < 4.78 is 6.55. The van der Waals surface area contributed by atoms with Crippen molar-refractivity contribution in [3.8, 4) is 39.7 Å². The molecule has 0 fully saturated rings. The van der Waals surface area contributed by atoms with Crippen LogP contribution in [0.2, 0.25) is 19.6 Å². The van der Waals surface area contributed by atoms with Crippen LogP contribution in [0.3, 0.4) is 0 Å². The second-order valence-electron chi connectivity index (χ2n) is 15.9. The van der Waals surface area contributed by atoms with E-state index in [9.17, 15) is 0 Å². The molecule has 0 N–H and O–H groups in total. The Morgan fingerprint density at radius 1 is 0.796 bits per heavy atom. The average Bonchev–Trinajstić information content (AvgIpc) is 3.51. The van der Waals surface area contributed by atoms with Crippen LogP contribution in [0.4, 0.5) is 0 Å². The summed E-state index contributed by atoms with van der Waals surface area (Å²) >= 11 is 0. The van der Waals surface area contributed by atoms with E-state index in [1.54, 1.807) is 6.07 Å². The Balaban J connectivity index is 0.000000217. The zero-order valence-corrected chi connectivity index (χ0v) is 36.5. The largest absolute Gasteiger partial charge is 0.500 e. The molecule has 7 aromatic rings. The van der Waals surface area contributed by atoms with Crippen molar-refractivity contribution in [1.29, 1.82) is 5.26 Å². The minimum Gasteiger partial charge on any atom is -0.500 e. The van der Waals surface area contributed by atoms with Crippen LogP contribution in [0, 0.1) is 50.2 Å². The molecule has 0 aliphatic carbocycles. The van der Waals surface area contributed by atoms with Gasteiger partial charge in [-0.05, 0) is 101 Å². The number of pyridine rings is 2. The number of nitriles is 1. The van der Waals surface area contributed by atoms with Crippen molar-refractivity contribution in [2.45, 2.75) is 80.4 Å². The fourth-order valence-electron chi connectivity index (χ4n) is 7.32. The summed E-state index contributed by atoms with van der Waals surface area (Å²) in [5.41, 5.74) is 15.0. The second kappa shape index (κ2) is 16.8. The van der Waals surface area contributed by atoms with Gasteiger partial charge in [0.05, 0.1) is 13.7 Å². The van der Waals surface area contributed by atoms with Gasteiger partial charge in [0.2, 0.25) is 0 Å². The third-order valence-corrected chi connectivity index (χ3v) is 12.0. The number of hydrogen-bond donors (Lipinski definition) is 0. The van der Waals surface area contributed by atoms with Crippen molar-refractivity contribution in [3.63, 3.8) is 0 Å². The molecule has 7 rings (SSSR count). The molecule has 0 saturated heterocycles. The molecule has 0 bridgehead atoms. The van der Waals surface area contributed by atoms with Gasteiger partial charge >= 0.3 is 0 Å². The number of aromatic nitrogens is 2. The smallest absolute Gasteiger partial charge is 0.124 e. The Bertz CT molecular complexity index is 2450. The molecule has 4 nitrogen and oxygen atoms in total. The molecule has 6 heteroatoms. The monoisotopic (exact) mass is 904 g/mol. The summed E-state index contributed by atoms with van der Waals surface area (Å²) in [4.78, 5) is 9.39. The van der Waals surface area contributed by atoms with Gasteiger partial charge in [0.1, 0.15) is 5.58 Å². The number of aryl methyl sites for hydroxylation is 3. The topological polar surface area (TPSA) is 62.7 Å². The first kappa shape index (κ1) is 40.5. The van der Waals surface area contributed by atoms with Crippen molar-refractivity contribution >= 4 is 35.2 Å². The van der Waals surface area contributed by atoms with E-state index in [-0.39, 0.29) is 20.1 Å². The zero-order chi connectivity index (χ0) is 38.0. The second-order valence-corrected chi connectivity index (χ2v) is 20.9. The Labute approximate surface area is 336 Å². The van der Waals surface area contributed by atoms with Crippen molar-refractivity contribution in [1.82, 2.24) is 9.97 Å². The van der Waals surface area contributed by atoms with Gasteiger partial charge in [-0.25, -0.2) is 5.26 Å². The van der Waals surface area contributed by atoms with Gasteiger partial charge in [-0.1, -0.05) is 106 Å². The molecule has 0 aliphatic rings. The Hall–Kier alpha value is -4.66. The molecule has 0 unspecified atom stereocenters. The third-order valence-electron chi connectivity index (χ3n) is 9.89. The maximum absolute atomic E-state index is 8.89. The van der Waals surface area contributed by atoms with Gasteiger partial charge in [0, 0.05) is 44.0 Å². The van der Waals surface area contributed by atoms with E-state index in [1.165, 1.54) is 44.1 Å². The van der Waals surface area contributed by atoms with Crippen LogP contribution in [0.1, 0.15) is 67.0 Å². The zero-order valence-electron chi connectivity index (χ0n) is 33.1.